The molecule has 0 atom stereocenters. The SMILES string of the molecule is CC(C)(C)N1CCn2cccc2C1=O. The zero-order valence-electron chi connectivity index (χ0n) is 8.95. The van der Waals surface area contributed by atoms with Crippen LogP contribution < -0.4 is 0 Å². The van der Waals surface area contributed by atoms with Crippen LogP contribution in [0, 0.1) is 0 Å². The Morgan fingerprint density at radius 2 is 2.00 bits per heavy atom. The maximum absolute atomic E-state index is 12.0. The number of carbonyl (C=O) groups is 1. The van der Waals surface area contributed by atoms with Gasteiger partial charge in [0.25, 0.3) is 5.91 Å². The molecule has 3 heteroatoms. The Morgan fingerprint density at radius 3 is 2.64 bits per heavy atom. The largest absolute Gasteiger partial charge is 0.342 e. The van der Waals surface area contributed by atoms with Crippen molar-refractivity contribution >= 4 is 5.91 Å². The normalized spacial score (nSPS) is 17.1. The van der Waals surface area contributed by atoms with Crippen molar-refractivity contribution < 1.29 is 4.79 Å². The van der Waals surface area contributed by atoms with Crippen LogP contribution in [0.1, 0.15) is 31.3 Å². The van der Waals surface area contributed by atoms with E-state index in [2.05, 4.69) is 20.8 Å². The van der Waals surface area contributed by atoms with E-state index >= 15 is 0 Å². The van der Waals surface area contributed by atoms with Gasteiger partial charge in [0, 0.05) is 24.8 Å². The van der Waals surface area contributed by atoms with Gasteiger partial charge in [0.05, 0.1) is 0 Å². The van der Waals surface area contributed by atoms with E-state index in [0.29, 0.717) is 0 Å². The fourth-order valence-electron chi connectivity index (χ4n) is 1.89. The minimum atomic E-state index is -0.0768. The molecule has 1 aliphatic heterocycles. The molecule has 0 aromatic carbocycles. The molecule has 0 spiro atoms. The number of aromatic nitrogens is 1. The highest BCUT2D eigenvalue weighted by Crippen LogP contribution is 2.21. The molecule has 2 heterocycles. The lowest BCUT2D eigenvalue weighted by Crippen LogP contribution is -2.50. The molecule has 0 saturated heterocycles. The van der Waals surface area contributed by atoms with Crippen LogP contribution in [0.3, 0.4) is 0 Å². The van der Waals surface area contributed by atoms with E-state index in [1.54, 1.807) is 0 Å². The van der Waals surface area contributed by atoms with E-state index in [0.717, 1.165) is 18.8 Å². The maximum atomic E-state index is 12.0. The van der Waals surface area contributed by atoms with Gasteiger partial charge < -0.3 is 9.47 Å². The summed E-state index contributed by atoms with van der Waals surface area (Å²) in [5, 5.41) is 0. The standard InChI is InChI=1S/C11H16N2O/c1-11(2,3)13-8-7-12-6-4-5-9(12)10(13)14/h4-6H,7-8H2,1-3H3. The highest BCUT2D eigenvalue weighted by molar-refractivity contribution is 5.93. The van der Waals surface area contributed by atoms with Gasteiger partial charge in [0.2, 0.25) is 0 Å². The van der Waals surface area contributed by atoms with Gasteiger partial charge in [-0.3, -0.25) is 4.79 Å². The van der Waals surface area contributed by atoms with Gasteiger partial charge in [-0.2, -0.15) is 0 Å². The second-order valence-corrected chi connectivity index (χ2v) is 4.71. The number of hydrogen-bond donors (Lipinski definition) is 0. The Balaban J connectivity index is 2.35. The summed E-state index contributed by atoms with van der Waals surface area (Å²) >= 11 is 0. The first kappa shape index (κ1) is 9.31. The predicted molar refractivity (Wildman–Crippen MR) is 55.2 cm³/mol. The maximum Gasteiger partial charge on any atom is 0.270 e. The average molecular weight is 192 g/mol. The molecule has 0 N–H and O–H groups in total. The van der Waals surface area contributed by atoms with Crippen molar-refractivity contribution in [2.24, 2.45) is 0 Å². The Bertz CT molecular complexity index is 360. The van der Waals surface area contributed by atoms with Crippen LogP contribution in [0.15, 0.2) is 18.3 Å². The van der Waals surface area contributed by atoms with E-state index in [-0.39, 0.29) is 11.4 Å². The van der Waals surface area contributed by atoms with Crippen molar-refractivity contribution in [2.45, 2.75) is 32.9 Å². The molecule has 0 bridgehead atoms. The number of hydrogen-bond acceptors (Lipinski definition) is 1. The average Bonchev–Trinajstić information content (AvgIpc) is 2.50. The molecule has 0 saturated carbocycles. The first-order chi connectivity index (χ1) is 6.50. The molecule has 0 radical (unpaired) electrons. The van der Waals surface area contributed by atoms with E-state index in [1.807, 2.05) is 27.8 Å². The lowest BCUT2D eigenvalue weighted by Gasteiger charge is -2.38. The molecule has 0 aliphatic carbocycles. The van der Waals surface area contributed by atoms with Crippen molar-refractivity contribution in [1.29, 1.82) is 0 Å². The third kappa shape index (κ3) is 1.33. The lowest BCUT2D eigenvalue weighted by molar-refractivity contribution is 0.0515. The summed E-state index contributed by atoms with van der Waals surface area (Å²) in [4.78, 5) is 14.0. The third-order valence-electron chi connectivity index (χ3n) is 2.67. The van der Waals surface area contributed by atoms with E-state index in [4.69, 9.17) is 0 Å². The van der Waals surface area contributed by atoms with Crippen molar-refractivity contribution in [3.63, 3.8) is 0 Å². The molecule has 1 aromatic heterocycles. The molecule has 0 fully saturated rings. The van der Waals surface area contributed by atoms with Gasteiger partial charge in [-0.15, -0.1) is 0 Å². The molecule has 2 rings (SSSR count). The van der Waals surface area contributed by atoms with E-state index in [1.165, 1.54) is 0 Å². The van der Waals surface area contributed by atoms with Crippen molar-refractivity contribution in [3.8, 4) is 0 Å². The fourth-order valence-corrected chi connectivity index (χ4v) is 1.89. The minimum Gasteiger partial charge on any atom is -0.342 e. The predicted octanol–water partition coefficient (Wildman–Crippen LogP) is 1.74. The number of amides is 1. The third-order valence-corrected chi connectivity index (χ3v) is 2.67. The molecular formula is C11H16N2O. The number of rotatable bonds is 0. The van der Waals surface area contributed by atoms with Crippen LogP contribution in [0.4, 0.5) is 0 Å². The van der Waals surface area contributed by atoms with Crippen LogP contribution in [0.2, 0.25) is 0 Å². The summed E-state index contributed by atoms with van der Waals surface area (Å²) in [6.07, 6.45) is 1.97. The summed E-state index contributed by atoms with van der Waals surface area (Å²) in [6, 6.07) is 3.82. The van der Waals surface area contributed by atoms with E-state index in [9.17, 15) is 4.79 Å². The zero-order valence-corrected chi connectivity index (χ0v) is 8.95. The molecular weight excluding hydrogens is 176 g/mol. The van der Waals surface area contributed by atoms with E-state index < -0.39 is 0 Å². The summed E-state index contributed by atoms with van der Waals surface area (Å²) in [5.41, 5.74) is 0.734. The topological polar surface area (TPSA) is 25.2 Å². The van der Waals surface area contributed by atoms with Gasteiger partial charge in [-0.05, 0) is 32.9 Å². The lowest BCUT2D eigenvalue weighted by atomic mass is 10.0. The second-order valence-electron chi connectivity index (χ2n) is 4.71. The van der Waals surface area contributed by atoms with Crippen molar-refractivity contribution in [2.75, 3.05) is 6.54 Å². The van der Waals surface area contributed by atoms with Gasteiger partial charge in [0.1, 0.15) is 5.69 Å². The summed E-state index contributed by atoms with van der Waals surface area (Å²) in [5.74, 6) is 0.147. The number of carbonyl (C=O) groups excluding carboxylic acids is 1. The number of fused-ring (bicyclic) bond motifs is 1. The molecule has 76 valence electrons. The first-order valence-corrected chi connectivity index (χ1v) is 4.97. The fraction of sp³-hybridized carbons (Fsp3) is 0.545. The molecule has 14 heavy (non-hydrogen) atoms. The first-order valence-electron chi connectivity index (χ1n) is 4.97. The number of nitrogens with zero attached hydrogens (tertiary/aromatic N) is 2. The molecule has 1 amide bonds. The Labute approximate surface area is 84.3 Å². The van der Waals surface area contributed by atoms with Crippen LogP contribution >= 0.6 is 0 Å². The van der Waals surface area contributed by atoms with Crippen LogP contribution in [0.5, 0.6) is 0 Å². The molecule has 0 unspecified atom stereocenters. The summed E-state index contributed by atoms with van der Waals surface area (Å²) in [6.45, 7) is 7.94. The van der Waals surface area contributed by atoms with Crippen LogP contribution in [-0.2, 0) is 6.54 Å². The Morgan fingerprint density at radius 1 is 1.29 bits per heavy atom. The van der Waals surface area contributed by atoms with Crippen LogP contribution in [0.25, 0.3) is 0 Å². The van der Waals surface area contributed by atoms with Gasteiger partial charge in [0.15, 0.2) is 0 Å². The Kier molecular flexibility index (Phi) is 1.91. The van der Waals surface area contributed by atoms with Gasteiger partial charge >= 0.3 is 0 Å². The molecule has 1 aromatic rings. The highest BCUT2D eigenvalue weighted by atomic mass is 16.2. The van der Waals surface area contributed by atoms with Crippen LogP contribution in [-0.4, -0.2) is 27.5 Å². The van der Waals surface area contributed by atoms with Crippen molar-refractivity contribution in [3.05, 3.63) is 24.0 Å². The highest BCUT2D eigenvalue weighted by Gasteiger charge is 2.31. The summed E-state index contributed by atoms with van der Waals surface area (Å²) in [7, 11) is 0. The smallest absolute Gasteiger partial charge is 0.270 e. The second kappa shape index (κ2) is 2.87. The quantitative estimate of drug-likeness (QED) is 0.614. The zero-order chi connectivity index (χ0) is 10.3. The Hall–Kier alpha value is -1.25. The minimum absolute atomic E-state index is 0.0768. The van der Waals surface area contributed by atoms with Gasteiger partial charge in [-0.1, -0.05) is 0 Å². The molecule has 1 aliphatic rings. The monoisotopic (exact) mass is 192 g/mol. The van der Waals surface area contributed by atoms with Gasteiger partial charge in [-0.25, -0.2) is 0 Å². The molecule has 3 nitrogen and oxygen atoms in total. The van der Waals surface area contributed by atoms with Crippen molar-refractivity contribution in [1.82, 2.24) is 9.47 Å². The summed E-state index contributed by atoms with van der Waals surface area (Å²) < 4.78 is 2.02.